The molecule has 0 bridgehead atoms. The van der Waals surface area contributed by atoms with Crippen molar-refractivity contribution < 1.29 is 19.1 Å². The van der Waals surface area contributed by atoms with E-state index in [0.717, 1.165) is 34.0 Å². The van der Waals surface area contributed by atoms with Gasteiger partial charge < -0.3 is 4.74 Å². The highest BCUT2D eigenvalue weighted by Crippen LogP contribution is 2.40. The molecule has 0 N–H and O–H groups in total. The smallest absolute Gasteiger partial charge is 0.338 e. The number of rotatable bonds is 7. The largest absolute Gasteiger partial charge is 0.461 e. The van der Waals surface area contributed by atoms with Gasteiger partial charge in [0.15, 0.2) is 11.6 Å². The number of carbonyl (C=O) groups excluding carboxylic acids is 3. The molecule has 4 rings (SSSR count). The lowest BCUT2D eigenvalue weighted by Crippen LogP contribution is -2.20. The van der Waals surface area contributed by atoms with Crippen LogP contribution < -0.4 is 0 Å². The first-order valence-electron chi connectivity index (χ1n) is 10.2. The van der Waals surface area contributed by atoms with E-state index in [1.165, 1.54) is 11.8 Å². The Morgan fingerprint density at radius 1 is 1.06 bits per heavy atom. The zero-order chi connectivity index (χ0) is 21.8. The van der Waals surface area contributed by atoms with E-state index in [1.54, 1.807) is 42.1 Å². The van der Waals surface area contributed by atoms with Gasteiger partial charge >= 0.3 is 5.97 Å². The van der Waals surface area contributed by atoms with Gasteiger partial charge in [0.1, 0.15) is 6.61 Å². The summed E-state index contributed by atoms with van der Waals surface area (Å²) in [5.41, 5.74) is 2.16. The fourth-order valence-electron chi connectivity index (χ4n) is 3.71. The molecule has 4 nitrogen and oxygen atoms in total. The number of carbonyl (C=O) groups is 3. The first-order chi connectivity index (χ1) is 15.1. The zero-order valence-corrected chi connectivity index (χ0v) is 19.2. The fourth-order valence-corrected chi connectivity index (χ4v) is 6.24. The molecule has 31 heavy (non-hydrogen) atoms. The van der Waals surface area contributed by atoms with E-state index in [4.69, 9.17) is 16.3 Å². The number of fused-ring (bicyclic) bond motifs is 1. The topological polar surface area (TPSA) is 60.4 Å². The second kappa shape index (κ2) is 10.1. The lowest BCUT2D eigenvalue weighted by atomic mass is 9.91. The molecule has 0 amide bonds. The number of benzene rings is 2. The van der Waals surface area contributed by atoms with Crippen molar-refractivity contribution in [1.82, 2.24) is 0 Å². The maximum atomic E-state index is 13.3. The minimum Gasteiger partial charge on any atom is -0.461 e. The third-order valence-electron chi connectivity index (χ3n) is 5.25. The molecule has 7 heteroatoms. The number of hydrogen-bond donors (Lipinski definition) is 0. The number of hydrogen-bond acceptors (Lipinski definition) is 6. The standard InChI is InChI=1S/C24H21ClO4S2/c25-22-16-11-13-30-19(16)10-9-17(22)23(27)21-18(26)7-4-8-20(21)31-14-12-29-24(28)15-5-2-1-3-6-15/h1-3,5-6,9-10H,4,7-8,11-14H2. The summed E-state index contributed by atoms with van der Waals surface area (Å²) in [6.07, 6.45) is 2.59. The average Bonchev–Trinajstić information content (AvgIpc) is 3.27. The molecule has 1 aliphatic carbocycles. The number of thioether (sulfide) groups is 2. The molecule has 0 fully saturated rings. The van der Waals surface area contributed by atoms with Gasteiger partial charge in [-0.3, -0.25) is 9.59 Å². The number of Topliss-reactive ketones (excluding diaryl/α,β-unsaturated/α-hetero) is 2. The molecule has 0 saturated carbocycles. The predicted molar refractivity (Wildman–Crippen MR) is 125 cm³/mol. The van der Waals surface area contributed by atoms with Crippen molar-refractivity contribution in [3.63, 3.8) is 0 Å². The van der Waals surface area contributed by atoms with Gasteiger partial charge in [-0.1, -0.05) is 29.8 Å². The maximum Gasteiger partial charge on any atom is 0.338 e. The molecule has 160 valence electrons. The van der Waals surface area contributed by atoms with Gasteiger partial charge in [-0.2, -0.15) is 0 Å². The van der Waals surface area contributed by atoms with Crippen LogP contribution in [0, 0.1) is 0 Å². The third-order valence-corrected chi connectivity index (χ3v) is 7.91. The average molecular weight is 473 g/mol. The SMILES string of the molecule is O=C1CCCC(SCCOC(=O)c2ccccc2)=C1C(=O)c1ccc2c(c1Cl)CCS2. The number of halogens is 1. The molecule has 0 aromatic heterocycles. The van der Waals surface area contributed by atoms with E-state index in [2.05, 4.69) is 0 Å². The normalized spacial score (nSPS) is 15.7. The van der Waals surface area contributed by atoms with Crippen molar-refractivity contribution in [2.75, 3.05) is 18.1 Å². The quantitative estimate of drug-likeness (QED) is 0.221. The Morgan fingerprint density at radius 2 is 1.87 bits per heavy atom. The molecule has 0 unspecified atom stereocenters. The van der Waals surface area contributed by atoms with Crippen LogP contribution in [0.25, 0.3) is 0 Å². The van der Waals surface area contributed by atoms with Gasteiger partial charge in [0.05, 0.1) is 16.2 Å². The third kappa shape index (κ3) is 4.92. The second-order valence-corrected chi connectivity index (χ2v) is 9.96. The second-order valence-electron chi connectivity index (χ2n) is 7.26. The van der Waals surface area contributed by atoms with Crippen LogP contribution in [0.4, 0.5) is 0 Å². The fraction of sp³-hybridized carbons (Fsp3) is 0.292. The summed E-state index contributed by atoms with van der Waals surface area (Å²) in [4.78, 5) is 39.9. The maximum absolute atomic E-state index is 13.3. The Hall–Kier alpha value is -2.02. The Bertz CT molecular complexity index is 1060. The molecule has 0 spiro atoms. The molecular weight excluding hydrogens is 452 g/mol. The van der Waals surface area contributed by atoms with Crippen molar-refractivity contribution in [1.29, 1.82) is 0 Å². The summed E-state index contributed by atoms with van der Waals surface area (Å²) in [5, 5.41) is 0.472. The zero-order valence-electron chi connectivity index (χ0n) is 16.8. The molecule has 1 heterocycles. The van der Waals surface area contributed by atoms with Crippen LogP contribution in [0.1, 0.15) is 45.5 Å². The van der Waals surface area contributed by atoms with Crippen molar-refractivity contribution in [3.05, 3.63) is 74.7 Å². The Labute approximate surface area is 194 Å². The van der Waals surface area contributed by atoms with E-state index >= 15 is 0 Å². The van der Waals surface area contributed by atoms with Gasteiger partial charge in [-0.05, 0) is 54.0 Å². The highest BCUT2D eigenvalue weighted by molar-refractivity contribution is 8.03. The van der Waals surface area contributed by atoms with E-state index in [1.807, 2.05) is 12.1 Å². The van der Waals surface area contributed by atoms with E-state index in [-0.39, 0.29) is 29.7 Å². The van der Waals surface area contributed by atoms with Crippen LogP contribution in [0.2, 0.25) is 5.02 Å². The van der Waals surface area contributed by atoms with Crippen LogP contribution in [-0.2, 0) is 16.0 Å². The highest BCUT2D eigenvalue weighted by atomic mass is 35.5. The monoisotopic (exact) mass is 472 g/mol. The molecule has 1 aliphatic heterocycles. The summed E-state index contributed by atoms with van der Waals surface area (Å²) >= 11 is 9.70. The number of ether oxygens (including phenoxy) is 1. The molecule has 0 radical (unpaired) electrons. The summed E-state index contributed by atoms with van der Waals surface area (Å²) < 4.78 is 5.32. The molecule has 2 aromatic rings. The predicted octanol–water partition coefficient (Wildman–Crippen LogP) is 5.77. The Kier molecular flexibility index (Phi) is 7.20. The van der Waals surface area contributed by atoms with Crippen LogP contribution in [0.5, 0.6) is 0 Å². The Morgan fingerprint density at radius 3 is 2.68 bits per heavy atom. The Balaban J connectivity index is 1.47. The van der Waals surface area contributed by atoms with Crippen LogP contribution in [-0.4, -0.2) is 35.6 Å². The summed E-state index contributed by atoms with van der Waals surface area (Å²) in [7, 11) is 0. The minimum absolute atomic E-state index is 0.133. The molecule has 2 aliphatic rings. The van der Waals surface area contributed by atoms with Crippen LogP contribution in [0.3, 0.4) is 0 Å². The minimum atomic E-state index is -0.381. The molecule has 0 atom stereocenters. The number of esters is 1. The van der Waals surface area contributed by atoms with Crippen molar-refractivity contribution >= 4 is 52.7 Å². The first kappa shape index (κ1) is 22.2. The summed E-state index contributed by atoms with van der Waals surface area (Å²) in [6.45, 7) is 0.203. The lowest BCUT2D eigenvalue weighted by Gasteiger charge is -2.19. The van der Waals surface area contributed by atoms with Gasteiger partial charge in [0.2, 0.25) is 0 Å². The van der Waals surface area contributed by atoms with Crippen LogP contribution in [0.15, 0.2) is 57.8 Å². The summed E-state index contributed by atoms with van der Waals surface area (Å²) in [6, 6.07) is 12.5. The van der Waals surface area contributed by atoms with Crippen molar-refractivity contribution in [2.24, 2.45) is 0 Å². The van der Waals surface area contributed by atoms with Gasteiger partial charge in [-0.15, -0.1) is 23.5 Å². The lowest BCUT2D eigenvalue weighted by molar-refractivity contribution is -0.115. The van der Waals surface area contributed by atoms with Gasteiger partial charge in [0, 0.05) is 28.4 Å². The van der Waals surface area contributed by atoms with Gasteiger partial charge in [-0.25, -0.2) is 4.79 Å². The van der Waals surface area contributed by atoms with Gasteiger partial charge in [0.25, 0.3) is 0 Å². The van der Waals surface area contributed by atoms with E-state index < -0.39 is 0 Å². The summed E-state index contributed by atoms with van der Waals surface area (Å²) in [5.74, 6) is 0.627. The first-order valence-corrected chi connectivity index (χ1v) is 12.5. The van der Waals surface area contributed by atoms with Crippen molar-refractivity contribution in [2.45, 2.75) is 30.6 Å². The van der Waals surface area contributed by atoms with Crippen molar-refractivity contribution in [3.8, 4) is 0 Å². The highest BCUT2D eigenvalue weighted by Gasteiger charge is 2.30. The molecule has 0 saturated heterocycles. The van der Waals surface area contributed by atoms with Crippen LogP contribution >= 0.6 is 35.1 Å². The number of ketones is 2. The molecule has 2 aromatic carbocycles. The number of allylic oxidation sites excluding steroid dienone is 2. The molecular formula is C24H21ClO4S2. The van der Waals surface area contributed by atoms with E-state index in [0.29, 0.717) is 34.7 Å². The van der Waals surface area contributed by atoms with E-state index in [9.17, 15) is 14.4 Å².